The maximum atomic E-state index is 12.8. The number of morpholine rings is 1. The molecule has 33 heavy (non-hydrogen) atoms. The van der Waals surface area contributed by atoms with Crippen molar-refractivity contribution in [2.24, 2.45) is 5.92 Å². The summed E-state index contributed by atoms with van der Waals surface area (Å²) < 4.78 is 10.4. The molecule has 1 fully saturated rings. The molecule has 0 saturated carbocycles. The van der Waals surface area contributed by atoms with Gasteiger partial charge in [0.2, 0.25) is 5.91 Å². The van der Waals surface area contributed by atoms with Gasteiger partial charge in [-0.1, -0.05) is 31.7 Å². The van der Waals surface area contributed by atoms with E-state index in [1.54, 1.807) is 0 Å². The third-order valence-electron chi connectivity index (χ3n) is 6.59. The van der Waals surface area contributed by atoms with Gasteiger partial charge in [-0.25, -0.2) is 9.99 Å². The Balaban J connectivity index is 1.36. The van der Waals surface area contributed by atoms with Gasteiger partial charge in [-0.3, -0.25) is 15.0 Å². The second-order valence-electron chi connectivity index (χ2n) is 9.34. The summed E-state index contributed by atoms with van der Waals surface area (Å²) in [6, 6.07) is 4.50. The van der Waals surface area contributed by atoms with Crippen LogP contribution in [0.25, 0.3) is 0 Å². The van der Waals surface area contributed by atoms with Gasteiger partial charge in [0, 0.05) is 12.2 Å². The summed E-state index contributed by atoms with van der Waals surface area (Å²) >= 11 is 0. The lowest BCUT2D eigenvalue weighted by Crippen LogP contribution is -2.59. The van der Waals surface area contributed by atoms with E-state index in [9.17, 15) is 9.59 Å². The molecule has 3 rings (SSSR count). The van der Waals surface area contributed by atoms with Crippen molar-refractivity contribution in [2.45, 2.75) is 83.7 Å². The molecule has 0 radical (unpaired) electrons. The van der Waals surface area contributed by atoms with E-state index in [1.807, 2.05) is 18.9 Å². The molecule has 1 amide bonds. The SMILES string of the molecule is COC(=O)[C@@H](CCCCCCCc1ccc2c(n1)NCCC2)C(=O)NN1[C@H](C)COC[C@H]1C. The molecule has 0 aromatic carbocycles. The van der Waals surface area contributed by atoms with E-state index in [0.717, 1.165) is 63.0 Å². The summed E-state index contributed by atoms with van der Waals surface area (Å²) in [5, 5.41) is 5.29. The maximum absolute atomic E-state index is 12.8. The van der Waals surface area contributed by atoms with Gasteiger partial charge in [-0.05, 0) is 57.6 Å². The van der Waals surface area contributed by atoms with Gasteiger partial charge < -0.3 is 14.8 Å². The first-order valence-electron chi connectivity index (χ1n) is 12.5. The number of nitrogens with one attached hydrogen (secondary N) is 2. The Hall–Kier alpha value is -2.19. The minimum Gasteiger partial charge on any atom is -0.468 e. The normalized spacial score (nSPS) is 21.5. The topological polar surface area (TPSA) is 92.8 Å². The van der Waals surface area contributed by atoms with Crippen LogP contribution in [-0.4, -0.2) is 60.8 Å². The number of carbonyl (C=O) groups excluding carboxylic acids is 2. The zero-order valence-electron chi connectivity index (χ0n) is 20.4. The number of hydrazine groups is 1. The standard InChI is InChI=1S/C25H40N4O4/c1-18-16-33-17-19(2)29(18)28-24(30)22(25(31)32-3)12-8-6-4-5-7-11-21-14-13-20-10-9-15-26-23(20)27-21/h13-14,18-19,22H,4-12,15-17H2,1-3H3,(H,26,27)(H,28,30)/t18-,19-,22+/m1/s1. The van der Waals surface area contributed by atoms with Crippen molar-refractivity contribution in [3.05, 3.63) is 23.4 Å². The number of aromatic nitrogens is 1. The highest BCUT2D eigenvalue weighted by Gasteiger charge is 2.32. The summed E-state index contributed by atoms with van der Waals surface area (Å²) in [6.45, 7) is 6.13. The van der Waals surface area contributed by atoms with E-state index in [2.05, 4.69) is 22.9 Å². The first-order chi connectivity index (χ1) is 16.0. The van der Waals surface area contributed by atoms with Gasteiger partial charge in [0.1, 0.15) is 11.7 Å². The lowest BCUT2D eigenvalue weighted by Gasteiger charge is -2.39. The van der Waals surface area contributed by atoms with E-state index < -0.39 is 11.9 Å². The number of unbranched alkanes of at least 4 members (excludes halogenated alkanes) is 4. The van der Waals surface area contributed by atoms with Crippen LogP contribution in [0.3, 0.4) is 0 Å². The van der Waals surface area contributed by atoms with Crippen LogP contribution >= 0.6 is 0 Å². The molecule has 3 atom stereocenters. The lowest BCUT2D eigenvalue weighted by atomic mass is 9.99. The van der Waals surface area contributed by atoms with Crippen molar-refractivity contribution in [1.82, 2.24) is 15.4 Å². The van der Waals surface area contributed by atoms with Crippen molar-refractivity contribution < 1.29 is 19.1 Å². The number of ether oxygens (including phenoxy) is 2. The molecular weight excluding hydrogens is 420 g/mol. The van der Waals surface area contributed by atoms with Gasteiger partial charge in [0.15, 0.2) is 0 Å². The lowest BCUT2D eigenvalue weighted by molar-refractivity contribution is -0.154. The van der Waals surface area contributed by atoms with Crippen LogP contribution in [0.15, 0.2) is 12.1 Å². The minimum atomic E-state index is -0.774. The van der Waals surface area contributed by atoms with Crippen LogP contribution in [0.2, 0.25) is 0 Å². The van der Waals surface area contributed by atoms with Crippen LogP contribution in [0.4, 0.5) is 5.82 Å². The van der Waals surface area contributed by atoms with Crippen molar-refractivity contribution in [2.75, 3.05) is 32.2 Å². The van der Waals surface area contributed by atoms with Crippen LogP contribution in [0.1, 0.15) is 70.1 Å². The van der Waals surface area contributed by atoms with E-state index in [-0.39, 0.29) is 18.0 Å². The molecule has 184 valence electrons. The zero-order valence-corrected chi connectivity index (χ0v) is 20.4. The number of fused-ring (bicyclic) bond motifs is 1. The average molecular weight is 461 g/mol. The summed E-state index contributed by atoms with van der Waals surface area (Å²) in [4.78, 5) is 29.8. The van der Waals surface area contributed by atoms with Gasteiger partial charge in [0.05, 0.1) is 32.4 Å². The van der Waals surface area contributed by atoms with Gasteiger partial charge in [-0.2, -0.15) is 0 Å². The van der Waals surface area contributed by atoms with Crippen LogP contribution in [0, 0.1) is 5.92 Å². The van der Waals surface area contributed by atoms with Gasteiger partial charge in [0.25, 0.3) is 0 Å². The van der Waals surface area contributed by atoms with Crippen molar-refractivity contribution in [3.63, 3.8) is 0 Å². The van der Waals surface area contributed by atoms with Crippen molar-refractivity contribution in [3.8, 4) is 0 Å². The van der Waals surface area contributed by atoms with E-state index in [1.165, 1.54) is 19.1 Å². The third-order valence-corrected chi connectivity index (χ3v) is 6.59. The molecule has 1 aromatic rings. The molecule has 2 N–H and O–H groups in total. The Labute approximate surface area is 197 Å². The summed E-state index contributed by atoms with van der Waals surface area (Å²) in [5.74, 6) is -0.459. The monoisotopic (exact) mass is 460 g/mol. The third kappa shape index (κ3) is 7.40. The Kier molecular flexibility index (Phi) is 9.94. The Morgan fingerprint density at radius 3 is 2.67 bits per heavy atom. The van der Waals surface area contributed by atoms with Gasteiger partial charge in [-0.15, -0.1) is 0 Å². The highest BCUT2D eigenvalue weighted by atomic mass is 16.5. The number of aryl methyl sites for hydroxylation is 2. The molecule has 8 nitrogen and oxygen atoms in total. The molecule has 3 heterocycles. The van der Waals surface area contributed by atoms with Crippen LogP contribution < -0.4 is 10.7 Å². The van der Waals surface area contributed by atoms with Crippen molar-refractivity contribution >= 4 is 17.7 Å². The molecule has 0 unspecified atom stereocenters. The number of rotatable bonds is 11. The van der Waals surface area contributed by atoms with Crippen LogP contribution in [-0.2, 0) is 31.9 Å². The number of methoxy groups -OCH3 is 1. The number of hydrogen-bond donors (Lipinski definition) is 2. The molecule has 8 heteroatoms. The number of esters is 1. The molecular formula is C25H40N4O4. The highest BCUT2D eigenvalue weighted by molar-refractivity contribution is 5.97. The molecule has 0 aliphatic carbocycles. The first kappa shape index (κ1) is 25.4. The number of anilines is 1. The Morgan fingerprint density at radius 1 is 1.18 bits per heavy atom. The molecule has 0 bridgehead atoms. The zero-order chi connectivity index (χ0) is 23.6. The second-order valence-corrected chi connectivity index (χ2v) is 9.34. The molecule has 1 saturated heterocycles. The minimum absolute atomic E-state index is 0.0661. The average Bonchev–Trinajstić information content (AvgIpc) is 2.82. The van der Waals surface area contributed by atoms with E-state index >= 15 is 0 Å². The number of nitrogens with zero attached hydrogens (tertiary/aromatic N) is 2. The number of hydrogen-bond acceptors (Lipinski definition) is 7. The van der Waals surface area contributed by atoms with E-state index in [4.69, 9.17) is 14.5 Å². The fourth-order valence-corrected chi connectivity index (χ4v) is 4.62. The highest BCUT2D eigenvalue weighted by Crippen LogP contribution is 2.21. The summed E-state index contributed by atoms with van der Waals surface area (Å²) in [7, 11) is 1.34. The number of pyridine rings is 1. The molecule has 2 aliphatic rings. The Bertz CT molecular complexity index is 778. The largest absolute Gasteiger partial charge is 0.468 e. The maximum Gasteiger partial charge on any atom is 0.318 e. The Morgan fingerprint density at radius 2 is 1.91 bits per heavy atom. The smallest absolute Gasteiger partial charge is 0.318 e. The van der Waals surface area contributed by atoms with Crippen molar-refractivity contribution in [1.29, 1.82) is 0 Å². The summed E-state index contributed by atoms with van der Waals surface area (Å²) in [6.07, 6.45) is 8.89. The van der Waals surface area contributed by atoms with E-state index in [0.29, 0.717) is 19.6 Å². The first-order valence-corrected chi connectivity index (χ1v) is 12.5. The predicted octanol–water partition coefficient (Wildman–Crippen LogP) is 3.25. The number of amides is 1. The molecule has 1 aromatic heterocycles. The fraction of sp³-hybridized carbons (Fsp3) is 0.720. The molecule has 2 aliphatic heterocycles. The van der Waals surface area contributed by atoms with Gasteiger partial charge >= 0.3 is 5.97 Å². The predicted molar refractivity (Wildman–Crippen MR) is 128 cm³/mol. The summed E-state index contributed by atoms with van der Waals surface area (Å²) in [5.41, 5.74) is 5.41. The molecule has 0 spiro atoms. The second kappa shape index (κ2) is 12.9. The fourth-order valence-electron chi connectivity index (χ4n) is 4.62. The number of carbonyl (C=O) groups is 2. The quantitative estimate of drug-likeness (QED) is 0.297. The van der Waals surface area contributed by atoms with Crippen LogP contribution in [0.5, 0.6) is 0 Å².